The standard InChI is InChI=1S/C12H13FINO/c13-9-5-4-6-10(14)11(9)12(16)15-7-2-1-3-8-15/h4-6H,1-3,7-8H2. The van der Waals surface area contributed by atoms with Gasteiger partial charge in [0.2, 0.25) is 0 Å². The number of rotatable bonds is 1. The summed E-state index contributed by atoms with van der Waals surface area (Å²) in [5, 5.41) is 0. The van der Waals surface area contributed by atoms with Crippen LogP contribution in [0.5, 0.6) is 0 Å². The van der Waals surface area contributed by atoms with Crippen LogP contribution in [0.1, 0.15) is 29.6 Å². The van der Waals surface area contributed by atoms with E-state index < -0.39 is 5.82 Å². The molecule has 0 bridgehead atoms. The summed E-state index contributed by atoms with van der Waals surface area (Å²) in [5.74, 6) is -0.579. The maximum atomic E-state index is 13.6. The lowest BCUT2D eigenvalue weighted by atomic mass is 10.1. The predicted octanol–water partition coefficient (Wildman–Crippen LogP) is 3.06. The van der Waals surface area contributed by atoms with Crippen LogP contribution in [0.25, 0.3) is 0 Å². The highest BCUT2D eigenvalue weighted by atomic mass is 127. The van der Waals surface area contributed by atoms with Gasteiger partial charge in [-0.25, -0.2) is 4.39 Å². The molecule has 1 heterocycles. The summed E-state index contributed by atoms with van der Waals surface area (Å²) in [6.45, 7) is 1.51. The lowest BCUT2D eigenvalue weighted by Gasteiger charge is -2.27. The van der Waals surface area contributed by atoms with Gasteiger partial charge in [0, 0.05) is 16.7 Å². The summed E-state index contributed by atoms with van der Waals surface area (Å²) in [5.41, 5.74) is 0.227. The maximum Gasteiger partial charge on any atom is 0.257 e. The fraction of sp³-hybridized carbons (Fsp3) is 0.417. The van der Waals surface area contributed by atoms with Crippen LogP contribution >= 0.6 is 22.6 Å². The van der Waals surface area contributed by atoms with E-state index in [1.807, 2.05) is 22.6 Å². The molecular weight excluding hydrogens is 320 g/mol. The number of hydrogen-bond donors (Lipinski definition) is 0. The number of amides is 1. The first kappa shape index (κ1) is 11.8. The largest absolute Gasteiger partial charge is 0.339 e. The molecule has 1 aromatic rings. The van der Waals surface area contributed by atoms with Gasteiger partial charge >= 0.3 is 0 Å². The number of piperidine rings is 1. The van der Waals surface area contributed by atoms with Gasteiger partial charge in [-0.2, -0.15) is 0 Å². The molecule has 0 atom stereocenters. The summed E-state index contributed by atoms with van der Waals surface area (Å²) >= 11 is 2.01. The zero-order valence-corrected chi connectivity index (χ0v) is 11.0. The first-order chi connectivity index (χ1) is 7.70. The topological polar surface area (TPSA) is 20.3 Å². The minimum Gasteiger partial charge on any atom is -0.339 e. The smallest absolute Gasteiger partial charge is 0.257 e. The van der Waals surface area contributed by atoms with Crippen LogP contribution in [0.3, 0.4) is 0 Å². The SMILES string of the molecule is O=C(c1c(F)cccc1I)N1CCCCC1. The Morgan fingerprint density at radius 1 is 1.25 bits per heavy atom. The second-order valence-corrected chi connectivity index (χ2v) is 5.11. The lowest BCUT2D eigenvalue weighted by molar-refractivity contribution is 0.0718. The molecule has 1 aromatic carbocycles. The summed E-state index contributed by atoms with van der Waals surface area (Å²) in [7, 11) is 0. The molecular formula is C12H13FINO. The van der Waals surface area contributed by atoms with Crippen molar-refractivity contribution < 1.29 is 9.18 Å². The molecule has 1 saturated heterocycles. The maximum absolute atomic E-state index is 13.6. The minimum absolute atomic E-state index is 0.165. The van der Waals surface area contributed by atoms with Gasteiger partial charge in [0.1, 0.15) is 5.82 Å². The van der Waals surface area contributed by atoms with Crippen LogP contribution in [0.4, 0.5) is 4.39 Å². The highest BCUT2D eigenvalue weighted by Crippen LogP contribution is 2.20. The second-order valence-electron chi connectivity index (χ2n) is 3.95. The predicted molar refractivity (Wildman–Crippen MR) is 68.9 cm³/mol. The minimum atomic E-state index is -0.414. The number of benzene rings is 1. The molecule has 0 N–H and O–H groups in total. The van der Waals surface area contributed by atoms with Gasteiger partial charge < -0.3 is 4.90 Å². The van der Waals surface area contributed by atoms with Gasteiger partial charge in [-0.15, -0.1) is 0 Å². The van der Waals surface area contributed by atoms with E-state index in [0.717, 1.165) is 32.4 Å². The molecule has 1 amide bonds. The Morgan fingerprint density at radius 2 is 1.94 bits per heavy atom. The molecule has 4 heteroatoms. The Bertz CT molecular complexity index is 382. The monoisotopic (exact) mass is 333 g/mol. The fourth-order valence-corrected chi connectivity index (χ4v) is 2.65. The molecule has 2 nitrogen and oxygen atoms in total. The first-order valence-corrected chi connectivity index (χ1v) is 6.51. The van der Waals surface area contributed by atoms with Crippen molar-refractivity contribution in [1.29, 1.82) is 0 Å². The molecule has 2 rings (SSSR count). The third-order valence-electron chi connectivity index (χ3n) is 2.82. The van der Waals surface area contributed by atoms with Gasteiger partial charge in [-0.3, -0.25) is 4.79 Å². The van der Waals surface area contributed by atoms with Crippen molar-refractivity contribution in [3.05, 3.63) is 33.1 Å². The van der Waals surface area contributed by atoms with E-state index >= 15 is 0 Å². The lowest BCUT2D eigenvalue weighted by Crippen LogP contribution is -2.36. The normalized spacial score (nSPS) is 16.2. The molecule has 0 spiro atoms. The van der Waals surface area contributed by atoms with E-state index in [9.17, 15) is 9.18 Å². The zero-order valence-electron chi connectivity index (χ0n) is 8.88. The number of carbonyl (C=O) groups excluding carboxylic acids is 1. The van der Waals surface area contributed by atoms with Crippen molar-refractivity contribution in [2.75, 3.05) is 13.1 Å². The van der Waals surface area contributed by atoms with Gasteiger partial charge in [-0.1, -0.05) is 6.07 Å². The summed E-state index contributed by atoms with van der Waals surface area (Å²) in [6.07, 6.45) is 3.21. The van der Waals surface area contributed by atoms with E-state index in [1.165, 1.54) is 6.07 Å². The third kappa shape index (κ3) is 2.36. The molecule has 1 fully saturated rings. The molecule has 0 aromatic heterocycles. The summed E-state index contributed by atoms with van der Waals surface area (Å²) in [6, 6.07) is 4.74. The molecule has 0 radical (unpaired) electrons. The van der Waals surface area contributed by atoms with Gasteiger partial charge in [0.05, 0.1) is 5.56 Å². The second kappa shape index (κ2) is 5.12. The quantitative estimate of drug-likeness (QED) is 0.724. The van der Waals surface area contributed by atoms with Crippen molar-refractivity contribution in [2.24, 2.45) is 0 Å². The van der Waals surface area contributed by atoms with Crippen molar-refractivity contribution in [3.63, 3.8) is 0 Å². The highest BCUT2D eigenvalue weighted by molar-refractivity contribution is 14.1. The number of carbonyl (C=O) groups is 1. The average Bonchev–Trinajstić information content (AvgIpc) is 2.30. The van der Waals surface area contributed by atoms with E-state index in [0.29, 0.717) is 3.57 Å². The van der Waals surface area contributed by atoms with E-state index in [1.54, 1.807) is 17.0 Å². The molecule has 86 valence electrons. The van der Waals surface area contributed by atoms with E-state index in [2.05, 4.69) is 0 Å². The van der Waals surface area contributed by atoms with Gasteiger partial charge in [0.15, 0.2) is 0 Å². The summed E-state index contributed by atoms with van der Waals surface area (Å²) in [4.78, 5) is 13.9. The van der Waals surface area contributed by atoms with E-state index in [4.69, 9.17) is 0 Å². The van der Waals surface area contributed by atoms with Crippen LogP contribution in [-0.2, 0) is 0 Å². The van der Waals surface area contributed by atoms with Crippen LogP contribution < -0.4 is 0 Å². The number of halogens is 2. The fourth-order valence-electron chi connectivity index (χ4n) is 1.96. The van der Waals surface area contributed by atoms with Crippen molar-refractivity contribution in [2.45, 2.75) is 19.3 Å². The molecule has 1 aliphatic heterocycles. The Labute approximate surface area is 108 Å². The Balaban J connectivity index is 2.26. The van der Waals surface area contributed by atoms with Gasteiger partial charge in [-0.05, 0) is 54.0 Å². The number of likely N-dealkylation sites (tertiary alicyclic amines) is 1. The number of nitrogens with zero attached hydrogens (tertiary/aromatic N) is 1. The average molecular weight is 333 g/mol. The summed E-state index contributed by atoms with van der Waals surface area (Å²) < 4.78 is 14.3. The number of hydrogen-bond acceptors (Lipinski definition) is 1. The van der Waals surface area contributed by atoms with Crippen LogP contribution in [0.15, 0.2) is 18.2 Å². The molecule has 1 aliphatic rings. The van der Waals surface area contributed by atoms with Crippen molar-refractivity contribution in [3.8, 4) is 0 Å². The van der Waals surface area contributed by atoms with E-state index in [-0.39, 0.29) is 11.5 Å². The van der Waals surface area contributed by atoms with Crippen molar-refractivity contribution >= 4 is 28.5 Å². The first-order valence-electron chi connectivity index (χ1n) is 5.43. The zero-order chi connectivity index (χ0) is 11.5. The van der Waals surface area contributed by atoms with Crippen molar-refractivity contribution in [1.82, 2.24) is 4.90 Å². The highest BCUT2D eigenvalue weighted by Gasteiger charge is 2.22. The van der Waals surface area contributed by atoms with Crippen LogP contribution in [0, 0.1) is 9.39 Å². The van der Waals surface area contributed by atoms with Gasteiger partial charge in [0.25, 0.3) is 5.91 Å². The molecule has 16 heavy (non-hydrogen) atoms. The van der Waals surface area contributed by atoms with Crippen LogP contribution in [0.2, 0.25) is 0 Å². The molecule has 0 unspecified atom stereocenters. The Hall–Kier alpha value is -0.650. The molecule has 0 saturated carbocycles. The third-order valence-corrected chi connectivity index (χ3v) is 3.72. The Kier molecular flexibility index (Phi) is 3.78. The molecule has 0 aliphatic carbocycles. The van der Waals surface area contributed by atoms with Crippen LogP contribution in [-0.4, -0.2) is 23.9 Å². The Morgan fingerprint density at radius 3 is 2.56 bits per heavy atom.